The topological polar surface area (TPSA) is 649 Å². The van der Waals surface area contributed by atoms with Crippen molar-refractivity contribution in [3.8, 4) is 57.1 Å². The average molecular weight is 1670 g/mol. The lowest BCUT2D eigenvalue weighted by atomic mass is 9.84. The molecule has 0 aliphatic carbocycles. The minimum atomic E-state index is -5.70. The third-order valence-corrected chi connectivity index (χ3v) is 23.6. The number of aliphatic carboxylic acids is 1. The van der Waals surface area contributed by atoms with Crippen LogP contribution in [0, 0.1) is 5.92 Å². The number of benzene rings is 5. The zero-order valence-corrected chi connectivity index (χ0v) is 63.2. The van der Waals surface area contributed by atoms with Crippen molar-refractivity contribution in [2.24, 2.45) is 11.7 Å². The van der Waals surface area contributed by atoms with E-state index in [1.165, 1.54) is 20.9 Å². The van der Waals surface area contributed by atoms with E-state index in [0.717, 1.165) is 78.9 Å². The fraction of sp³-hybridized carbons (Fsp3) is 0.435. The Kier molecular flexibility index (Phi) is 26.2. The van der Waals surface area contributed by atoms with Crippen molar-refractivity contribution < 1.29 is 151 Å². The Morgan fingerprint density at radius 2 is 1.28 bits per heavy atom. The van der Waals surface area contributed by atoms with Gasteiger partial charge in [-0.15, -0.1) is 0 Å². The van der Waals surface area contributed by atoms with Crippen LogP contribution in [0.25, 0.3) is 11.1 Å². The van der Waals surface area contributed by atoms with Gasteiger partial charge in [-0.05, 0) is 110 Å². The first-order chi connectivity index (χ1) is 52.9. The maximum Gasteiger partial charge on any atom is 0.341 e. The molecule has 44 heteroatoms. The summed E-state index contributed by atoms with van der Waals surface area (Å²) in [6.07, 6.45) is -23.4. The molecule has 113 heavy (non-hydrogen) atoms. The summed E-state index contributed by atoms with van der Waals surface area (Å²) >= 11 is 14.1. The maximum atomic E-state index is 16.1. The number of nitrogens with one attached hydrogen (secondary N) is 8. The predicted molar refractivity (Wildman–Crippen MR) is 386 cm³/mol. The number of rotatable bonds is 18. The molecule has 18 atom stereocenters. The van der Waals surface area contributed by atoms with Crippen LogP contribution in [-0.2, 0) is 66.5 Å². The van der Waals surface area contributed by atoms with Gasteiger partial charge in [-0.3, -0.25) is 47.5 Å². The number of aromatic hydroxyl groups is 3. The van der Waals surface area contributed by atoms with Crippen LogP contribution in [0.4, 0.5) is 0 Å². The number of fused-ring (bicyclic) bond motifs is 15. The second kappa shape index (κ2) is 34.4. The first kappa shape index (κ1) is 86.0. The number of carboxylic acids is 1. The normalized spacial score (nSPS) is 27.9. The molecule has 8 amide bonds. The van der Waals surface area contributed by atoms with E-state index in [2.05, 4.69) is 42.5 Å². The van der Waals surface area contributed by atoms with E-state index < -0.39 is 293 Å². The van der Waals surface area contributed by atoms with E-state index >= 15 is 14.4 Å². The molecule has 7 aliphatic heterocycles. The molecule has 12 rings (SSSR count). The largest absolute Gasteiger partial charge is 0.508 e. The number of phenolic OH excluding ortho intramolecular Hbond substituents is 3. The number of aliphatic hydroxyl groups is 6. The Hall–Kier alpha value is -9.39. The quantitative estimate of drug-likeness (QED) is 0.0484. The number of ether oxygens (including phenoxy) is 6. The molecular formula is C69H81Cl2N9O31P2. The van der Waals surface area contributed by atoms with Crippen molar-refractivity contribution in [1.29, 1.82) is 0 Å². The highest BCUT2D eigenvalue weighted by Crippen LogP contribution is 2.61. The van der Waals surface area contributed by atoms with Gasteiger partial charge in [-0.1, -0.05) is 55.2 Å². The predicted octanol–water partition coefficient (Wildman–Crippen LogP) is -0.665. The van der Waals surface area contributed by atoms with Gasteiger partial charge in [0.15, 0.2) is 35.3 Å². The summed E-state index contributed by atoms with van der Waals surface area (Å²) in [6, 6.07) is -2.05. The summed E-state index contributed by atoms with van der Waals surface area (Å²) in [5, 5.41) is 131. The van der Waals surface area contributed by atoms with Gasteiger partial charge < -0.3 is 147 Å². The number of halogens is 2. The monoisotopic (exact) mass is 1660 g/mol. The smallest absolute Gasteiger partial charge is 0.341 e. The van der Waals surface area contributed by atoms with Crippen molar-refractivity contribution in [1.82, 2.24) is 42.5 Å². The van der Waals surface area contributed by atoms with Crippen LogP contribution in [0.1, 0.15) is 112 Å². The molecule has 2 fully saturated rings. The summed E-state index contributed by atoms with van der Waals surface area (Å²) in [4.78, 5) is 170. The highest BCUT2D eigenvalue weighted by Gasteiger charge is 2.54. The Balaban J connectivity index is 1.21. The second-order valence-electron chi connectivity index (χ2n) is 28.0. The van der Waals surface area contributed by atoms with Crippen molar-refractivity contribution in [3.63, 3.8) is 0 Å². The van der Waals surface area contributed by atoms with Crippen LogP contribution in [0.15, 0.2) is 78.9 Å². The number of carbonyl (C=O) groups excluding carboxylic acids is 8. The first-order valence-corrected chi connectivity index (χ1v) is 38.6. The van der Waals surface area contributed by atoms with Gasteiger partial charge in [0.2, 0.25) is 59.3 Å². The fourth-order valence-corrected chi connectivity index (χ4v) is 16.4. The minimum absolute atomic E-state index is 0.145. The van der Waals surface area contributed by atoms with Gasteiger partial charge in [0.1, 0.15) is 95.6 Å². The number of aliphatic hydroxyl groups excluding tert-OH is 6. The molecule has 5 aromatic rings. The fourth-order valence-electron chi connectivity index (χ4n) is 13.6. The minimum Gasteiger partial charge on any atom is -0.508 e. The third-order valence-electron chi connectivity index (χ3n) is 19.3. The number of hydrogen-bond acceptors (Lipinski definition) is 27. The average Bonchev–Trinajstić information content (AvgIpc) is 0.762. The van der Waals surface area contributed by atoms with E-state index in [1.54, 1.807) is 13.8 Å². The van der Waals surface area contributed by atoms with Crippen LogP contribution in [0.2, 0.25) is 10.0 Å². The first-order valence-electron chi connectivity index (χ1n) is 34.5. The number of hydrogen-bond donors (Lipinski definition) is 23. The molecule has 0 radical (unpaired) electrons. The Bertz CT molecular complexity index is 4650. The van der Waals surface area contributed by atoms with Crippen LogP contribution in [-0.4, -0.2) is 222 Å². The molecule has 2 saturated heterocycles. The SMILES string of the molecule is CN[C@H](CC(C)C)C(=O)N[C@H]1C(=O)N[C@@H](CC(N)=O)C(=O)N[C@H]2C(=O)N[C@H]3C(=O)N[C@H](C(=O)N[C@H](C(=O)O)c4cc(O)cc(O)c4-c4cc3ccc4O)[C@H](O)c3ccc(c(Cl)c3)Oc3cc2cc(c3O[C@@H]2O[C@H](CO)[C@@H](O)[C@H](O)[C@H]2O[C@H]2C[C@](C)(NC(=O)CC(P(=O)(O)O)P(=O)(O)O)[C@H](O)[C@H](C)O2)Oc2ccc(cc2Cl)[C@H]1O. The summed E-state index contributed by atoms with van der Waals surface area (Å²) in [5.41, 5.74) is 0.396. The summed E-state index contributed by atoms with van der Waals surface area (Å²) in [5.74, 6) is -18.7. The molecule has 40 nitrogen and oxygen atoms in total. The van der Waals surface area contributed by atoms with Crippen molar-refractivity contribution in [3.05, 3.63) is 117 Å². The van der Waals surface area contributed by atoms with Crippen LogP contribution in [0.5, 0.6) is 46.0 Å². The molecular weight excluding hydrogens is 1580 g/mol. The molecule has 0 spiro atoms. The van der Waals surface area contributed by atoms with Gasteiger partial charge in [0, 0.05) is 29.2 Å². The standard InChI is InChI=1S/C69H81Cl2N9O31P2/c1-24(2)12-35(73-5)61(92)78-52-54(87)27-7-10-39(33(70)14-27)107-41-16-29-17-42(58(41)111-68-59(57(90)56(89)43(23-81)109-68)110-46-22-69(4,60(91)25(3)106-46)80-45(86)21-47(112(100,101)102)113(103,104)105)108-40-11-8-28(15-34(40)71)55(88)53-66(97)77-51(67(98)99)32-18-30(82)19-38(84)48(32)31-13-26(6-9-37(31)83)49(63(94)79-53)76-64(95)50(29)75-62(93)36(20-44(72)85)74-65(52)96/h6-11,13-19,24-25,35-36,43,46-47,49-57,59-60,68,73,81-84,87-91H,12,20-23H2,1-5H3,(H2,72,85)(H,74,96)(H,75,93)(H,76,95)(H,77,97)(H,78,92)(H,79,94)(H,80,86)(H,98,99)(H2,100,101,102)(H2,103,104,105)/t25-,35+,36-,43+,46-,49+,50+,51-,52+,53-,54+,55+,56+,57-,59+,60+,68-,69-/m0/s1. The van der Waals surface area contributed by atoms with E-state index in [4.69, 9.17) is 57.4 Å². The number of primary amides is 1. The summed E-state index contributed by atoms with van der Waals surface area (Å²) in [6.45, 7) is 4.87. The lowest BCUT2D eigenvalue weighted by Crippen LogP contribution is -2.66. The lowest BCUT2D eigenvalue weighted by molar-refractivity contribution is -0.334. The van der Waals surface area contributed by atoms with Crippen LogP contribution >= 0.6 is 38.4 Å². The molecule has 24 N–H and O–H groups in total. The van der Waals surface area contributed by atoms with E-state index in [1.807, 2.05) is 0 Å². The molecule has 0 saturated carbocycles. The molecule has 7 aliphatic rings. The zero-order valence-electron chi connectivity index (χ0n) is 59.9. The third kappa shape index (κ3) is 19.0. The van der Waals surface area contributed by atoms with Crippen molar-refractivity contribution >= 4 is 91.6 Å². The Morgan fingerprint density at radius 1 is 0.699 bits per heavy atom. The van der Waals surface area contributed by atoms with Gasteiger partial charge in [-0.25, -0.2) is 4.79 Å². The van der Waals surface area contributed by atoms with Crippen LogP contribution < -0.4 is 62.5 Å². The molecule has 11 bridgehead atoms. The number of amides is 8. The van der Waals surface area contributed by atoms with Gasteiger partial charge in [-0.2, -0.15) is 0 Å². The molecule has 0 aromatic heterocycles. The van der Waals surface area contributed by atoms with Gasteiger partial charge in [0.05, 0.1) is 47.2 Å². The summed E-state index contributed by atoms with van der Waals surface area (Å²) < 4.78 is 62.7. The number of likely N-dealkylation sites (N-methyl/N-ethyl adjacent to an activating group) is 1. The van der Waals surface area contributed by atoms with Gasteiger partial charge in [0.25, 0.3) is 0 Å². The highest BCUT2D eigenvalue weighted by atomic mass is 35.5. The second-order valence-corrected chi connectivity index (χ2v) is 32.9. The number of carboxylic acid groups (broad SMARTS) is 1. The van der Waals surface area contributed by atoms with Crippen molar-refractivity contribution in [2.45, 2.75) is 168 Å². The molecule has 612 valence electrons. The van der Waals surface area contributed by atoms with E-state index in [-0.39, 0.29) is 23.5 Å². The highest BCUT2D eigenvalue weighted by molar-refractivity contribution is 7.70. The Morgan fingerprint density at radius 3 is 1.85 bits per heavy atom. The lowest BCUT2D eigenvalue weighted by Gasteiger charge is -2.48. The van der Waals surface area contributed by atoms with Crippen LogP contribution in [0.3, 0.4) is 0 Å². The number of nitrogens with two attached hydrogens (primary N) is 1. The van der Waals surface area contributed by atoms with Gasteiger partial charge >= 0.3 is 21.2 Å². The summed E-state index contributed by atoms with van der Waals surface area (Å²) in [7, 11) is -9.97. The molecule has 0 unspecified atom stereocenters. The zero-order chi connectivity index (χ0) is 83.1. The number of carbonyl (C=O) groups is 9. The molecule has 7 heterocycles. The van der Waals surface area contributed by atoms with Crippen molar-refractivity contribution in [2.75, 3.05) is 13.7 Å². The van der Waals surface area contributed by atoms with E-state index in [9.17, 15) is 109 Å². The Labute approximate surface area is 649 Å². The van der Waals surface area contributed by atoms with E-state index in [0.29, 0.717) is 0 Å². The number of phenols is 3. The maximum absolute atomic E-state index is 16.1. The molecule has 5 aromatic carbocycles.